The van der Waals surface area contributed by atoms with Crippen molar-refractivity contribution in [3.63, 3.8) is 0 Å². The topological polar surface area (TPSA) is 36.9 Å². The summed E-state index contributed by atoms with van der Waals surface area (Å²) in [6.07, 6.45) is 0. The van der Waals surface area contributed by atoms with Crippen LogP contribution in [0.1, 0.15) is 12.5 Å². The van der Waals surface area contributed by atoms with Gasteiger partial charge in [-0.15, -0.1) is 0 Å². The van der Waals surface area contributed by atoms with Crippen molar-refractivity contribution in [3.05, 3.63) is 35.9 Å². The lowest BCUT2D eigenvalue weighted by Crippen LogP contribution is -2.47. The van der Waals surface area contributed by atoms with Gasteiger partial charge in [-0.25, -0.2) is 0 Å². The molecule has 5 heteroatoms. The summed E-state index contributed by atoms with van der Waals surface area (Å²) in [5.41, 5.74) is 1.14. The highest BCUT2D eigenvalue weighted by atomic mass is 28.4. The molecule has 0 spiro atoms. The van der Waals surface area contributed by atoms with Crippen LogP contribution in [0.3, 0.4) is 0 Å². The van der Waals surface area contributed by atoms with Gasteiger partial charge in [0.05, 0.1) is 0 Å². The summed E-state index contributed by atoms with van der Waals surface area (Å²) in [6.45, 7) is 2.74. The van der Waals surface area contributed by atoms with E-state index in [9.17, 15) is 0 Å². The summed E-state index contributed by atoms with van der Waals surface area (Å²) in [5.74, 6) is 0. The minimum atomic E-state index is -2.65. The molecule has 1 aromatic carbocycles. The van der Waals surface area contributed by atoms with Crippen molar-refractivity contribution in [2.45, 2.75) is 13.0 Å². The Morgan fingerprint density at radius 2 is 1.71 bits per heavy atom. The third-order valence-electron chi connectivity index (χ3n) is 2.45. The summed E-state index contributed by atoms with van der Waals surface area (Å²) in [4.78, 5) is 0. The van der Waals surface area contributed by atoms with Gasteiger partial charge in [0.1, 0.15) is 6.79 Å². The van der Waals surface area contributed by atoms with Crippen LogP contribution >= 0.6 is 0 Å². The maximum absolute atomic E-state index is 5.64. The summed E-state index contributed by atoms with van der Waals surface area (Å²) >= 11 is 0. The average Bonchev–Trinajstić information content (AvgIpc) is 2.39. The second kappa shape index (κ2) is 7.57. The lowest BCUT2D eigenvalue weighted by atomic mass is 10.2. The summed E-state index contributed by atoms with van der Waals surface area (Å²) in [7, 11) is 0.585. The zero-order valence-electron chi connectivity index (χ0n) is 10.6. The van der Waals surface area contributed by atoms with E-state index in [0.717, 1.165) is 5.56 Å². The Morgan fingerprint density at radius 3 is 2.24 bits per heavy atom. The molecule has 0 saturated heterocycles. The van der Waals surface area contributed by atoms with Crippen LogP contribution in [0.5, 0.6) is 0 Å². The molecule has 17 heavy (non-hydrogen) atoms. The van der Waals surface area contributed by atoms with Gasteiger partial charge in [0.25, 0.3) is 0 Å². The van der Waals surface area contributed by atoms with Crippen LogP contribution in [0.2, 0.25) is 0 Å². The van der Waals surface area contributed by atoms with E-state index < -0.39 is 8.80 Å². The standard InChI is InChI=1S/C12H20O4Si/c1-4-15-11-16-17(13-2,14-3)10-12-8-6-5-7-9-12/h5-9H,4,10-11H2,1-3H3. The van der Waals surface area contributed by atoms with Crippen LogP contribution in [-0.2, 0) is 24.1 Å². The largest absolute Gasteiger partial charge is 0.506 e. The van der Waals surface area contributed by atoms with Gasteiger partial charge in [-0.3, -0.25) is 0 Å². The van der Waals surface area contributed by atoms with Crippen molar-refractivity contribution in [1.29, 1.82) is 0 Å². The van der Waals surface area contributed by atoms with E-state index in [-0.39, 0.29) is 6.79 Å². The van der Waals surface area contributed by atoms with Gasteiger partial charge in [0.2, 0.25) is 0 Å². The monoisotopic (exact) mass is 256 g/mol. The van der Waals surface area contributed by atoms with E-state index in [0.29, 0.717) is 12.7 Å². The van der Waals surface area contributed by atoms with Crippen LogP contribution in [0.25, 0.3) is 0 Å². The van der Waals surface area contributed by atoms with Crippen LogP contribution < -0.4 is 0 Å². The van der Waals surface area contributed by atoms with E-state index >= 15 is 0 Å². The molecular weight excluding hydrogens is 236 g/mol. The van der Waals surface area contributed by atoms with Crippen LogP contribution in [-0.4, -0.2) is 36.4 Å². The van der Waals surface area contributed by atoms with Gasteiger partial charge in [-0.2, -0.15) is 0 Å². The van der Waals surface area contributed by atoms with Gasteiger partial charge >= 0.3 is 8.80 Å². The first kappa shape index (κ1) is 14.3. The first-order chi connectivity index (χ1) is 8.26. The minimum absolute atomic E-state index is 0.206. The van der Waals surface area contributed by atoms with Gasteiger partial charge in [0, 0.05) is 26.9 Å². The molecule has 0 aliphatic heterocycles. The van der Waals surface area contributed by atoms with E-state index in [1.54, 1.807) is 14.2 Å². The zero-order valence-corrected chi connectivity index (χ0v) is 11.6. The number of ether oxygens (including phenoxy) is 1. The molecule has 0 radical (unpaired) electrons. The predicted molar refractivity (Wildman–Crippen MR) is 67.5 cm³/mol. The average molecular weight is 256 g/mol. The lowest BCUT2D eigenvalue weighted by molar-refractivity contribution is -0.0288. The quantitative estimate of drug-likeness (QED) is 0.405. The second-order valence-corrected chi connectivity index (χ2v) is 6.33. The summed E-state index contributed by atoms with van der Waals surface area (Å²) in [5, 5.41) is 0. The number of benzene rings is 1. The molecule has 0 aliphatic carbocycles. The number of rotatable bonds is 8. The molecule has 1 aromatic rings. The van der Waals surface area contributed by atoms with E-state index in [2.05, 4.69) is 0 Å². The maximum Gasteiger partial charge on any atom is 0.506 e. The molecule has 1 rings (SSSR count). The molecule has 0 amide bonds. The molecule has 0 atom stereocenters. The smallest absolute Gasteiger partial charge is 0.377 e. The summed E-state index contributed by atoms with van der Waals surface area (Å²) < 4.78 is 21.7. The fourth-order valence-corrected chi connectivity index (χ4v) is 3.25. The first-order valence-corrected chi connectivity index (χ1v) is 7.55. The molecular formula is C12H20O4Si. The molecule has 0 fully saturated rings. The summed E-state index contributed by atoms with van der Waals surface area (Å²) in [6, 6.07) is 10.7. The Bertz CT molecular complexity index is 301. The molecule has 0 bridgehead atoms. The normalized spacial score (nSPS) is 11.7. The minimum Gasteiger partial charge on any atom is -0.377 e. The molecule has 0 aromatic heterocycles. The third kappa shape index (κ3) is 4.57. The maximum atomic E-state index is 5.64. The Hall–Kier alpha value is -0.723. The zero-order chi connectivity index (χ0) is 12.6. The van der Waals surface area contributed by atoms with Crippen molar-refractivity contribution in [2.24, 2.45) is 0 Å². The van der Waals surface area contributed by atoms with Gasteiger partial charge in [-0.05, 0) is 12.5 Å². The Kier molecular flexibility index (Phi) is 6.39. The van der Waals surface area contributed by atoms with Crippen molar-refractivity contribution >= 4 is 8.80 Å². The van der Waals surface area contributed by atoms with Crippen molar-refractivity contribution in [1.82, 2.24) is 0 Å². The third-order valence-corrected chi connectivity index (χ3v) is 5.09. The van der Waals surface area contributed by atoms with E-state index in [4.69, 9.17) is 18.0 Å². The molecule has 0 aliphatic rings. The predicted octanol–water partition coefficient (Wildman–Crippen LogP) is 2.01. The van der Waals surface area contributed by atoms with Gasteiger partial charge < -0.3 is 18.0 Å². The molecule has 4 nitrogen and oxygen atoms in total. The molecule has 0 heterocycles. The molecule has 96 valence electrons. The second-order valence-electron chi connectivity index (χ2n) is 3.51. The van der Waals surface area contributed by atoms with Crippen molar-refractivity contribution < 1.29 is 18.0 Å². The van der Waals surface area contributed by atoms with Crippen molar-refractivity contribution in [3.8, 4) is 0 Å². The Morgan fingerprint density at radius 1 is 1.06 bits per heavy atom. The van der Waals surface area contributed by atoms with Gasteiger partial charge in [-0.1, -0.05) is 30.3 Å². The van der Waals surface area contributed by atoms with Crippen LogP contribution in [0.15, 0.2) is 30.3 Å². The fourth-order valence-electron chi connectivity index (χ4n) is 1.46. The molecule has 0 saturated carbocycles. The highest BCUT2D eigenvalue weighted by molar-refractivity contribution is 6.60. The highest BCUT2D eigenvalue weighted by Crippen LogP contribution is 2.15. The van der Waals surface area contributed by atoms with Gasteiger partial charge in [0.15, 0.2) is 0 Å². The lowest BCUT2D eigenvalue weighted by Gasteiger charge is -2.26. The highest BCUT2D eigenvalue weighted by Gasteiger charge is 2.39. The first-order valence-electron chi connectivity index (χ1n) is 5.62. The van der Waals surface area contributed by atoms with E-state index in [1.807, 2.05) is 37.3 Å². The van der Waals surface area contributed by atoms with Crippen molar-refractivity contribution in [2.75, 3.05) is 27.6 Å². The van der Waals surface area contributed by atoms with E-state index in [1.165, 1.54) is 0 Å². The Balaban J connectivity index is 2.63. The van der Waals surface area contributed by atoms with Crippen LogP contribution in [0, 0.1) is 0 Å². The molecule has 0 unspecified atom stereocenters. The molecule has 0 N–H and O–H groups in total. The number of hydrogen-bond donors (Lipinski definition) is 0. The SMILES string of the molecule is CCOCO[Si](Cc1ccccc1)(OC)OC. The Labute approximate surface area is 104 Å². The fraction of sp³-hybridized carbons (Fsp3) is 0.500. The number of hydrogen-bond acceptors (Lipinski definition) is 4. The van der Waals surface area contributed by atoms with Crippen LogP contribution in [0.4, 0.5) is 0 Å².